The Labute approximate surface area is 684 Å². The molecule has 7 saturated heterocycles. The second kappa shape index (κ2) is 34.2. The van der Waals surface area contributed by atoms with Gasteiger partial charge < -0.3 is 123 Å². The van der Waals surface area contributed by atoms with Crippen LogP contribution in [0.2, 0.25) is 10.3 Å². The molecule has 19 rings (SSSR count). The maximum absolute atomic E-state index is 10.8. The number of ether oxygens (including phenoxy) is 13. The Morgan fingerprint density at radius 2 is 0.701 bits per heavy atom. The molecule has 7 aliphatic heterocycles. The van der Waals surface area contributed by atoms with Crippen LogP contribution in [0.15, 0.2) is 196 Å². The van der Waals surface area contributed by atoms with E-state index in [9.17, 15) is 15.3 Å². The van der Waals surface area contributed by atoms with Gasteiger partial charge in [0.15, 0.2) is 42.3 Å². The van der Waals surface area contributed by atoms with E-state index in [2.05, 4.69) is 39.9 Å². The number of para-hydroxylation sites is 4. The van der Waals surface area contributed by atoms with Crippen molar-refractivity contribution in [1.82, 2.24) is 64.3 Å². The van der Waals surface area contributed by atoms with Gasteiger partial charge in [0.2, 0.25) is 0 Å². The predicted molar refractivity (Wildman–Crippen MR) is 433 cm³/mol. The molecule has 7 aliphatic rings. The van der Waals surface area contributed by atoms with Gasteiger partial charge in [-0.3, -0.25) is 0 Å². The first-order valence-electron chi connectivity index (χ1n) is 37.1. The van der Waals surface area contributed by atoms with E-state index in [0.717, 1.165) is 27.7 Å². The van der Waals surface area contributed by atoms with Crippen LogP contribution in [0.1, 0.15) is 102 Å². The van der Waals surface area contributed by atoms with Crippen LogP contribution in [0, 0.1) is 0 Å². The van der Waals surface area contributed by atoms with E-state index in [4.69, 9.17) is 101 Å². The summed E-state index contributed by atoms with van der Waals surface area (Å²) >= 11 is 12.3. The number of nitrogen functional groups attached to an aromatic ring is 2. The predicted octanol–water partition coefficient (Wildman–Crippen LogP) is 11.2. The maximum Gasteiger partial charge on any atom is 0.165 e. The molecule has 0 unspecified atom stereocenters. The highest BCUT2D eigenvalue weighted by Gasteiger charge is 2.67. The van der Waals surface area contributed by atoms with Gasteiger partial charge >= 0.3 is 0 Å². The Morgan fingerprint density at radius 1 is 0.410 bits per heavy atom. The monoisotopic (exact) mass is 1650 g/mol. The third-order valence-electron chi connectivity index (χ3n) is 21.2. The lowest BCUT2D eigenvalue weighted by molar-refractivity contribution is -0.214. The quantitative estimate of drug-likeness (QED) is 0.0497. The minimum atomic E-state index is -1.49. The standard InChI is InChI=1S/C21H22ClN3O4.C21H24N4O4.C18H20N4O4.C15H18ClN3O4.C6H6O.CH4.H3N.H2O/c2*1-20(2)28-16-19(25-10-9-14-17(22)23-12-24-18(14)25)27-15(21(16,3)29-20)11-26-13-7-5-4-6-8-13;1-18(24)13(9-25-11-5-3-2-4-6-11)26-17(14(18)23)22-8-7-12-15(19)20-10-21-16(12)22;1-14(2)22-10-13(21-9(6-20)15(10,3)23-14)19-5-4-8-11(16)17-7-18-12(8)19;7-6-4-2-1-3-5-6;;;/h4-10,12,15-16,19H,11H2,1-3H3;4-10,12,15-16,19H,11H2,1-3H3,(H2,22,23,24);2-8,10,13-14,17,23-24H,9H2,1H3,(H2,19,20,21);4-5,7,9-10,13,20H,6H2,1-3H3;1-5,7H;1H4;1H3;1H2/t2*15-,16+,19-,21-;13-,14+,17-,18-;9-,10+,13-,15-;;;;/m1111..../s1. The summed E-state index contributed by atoms with van der Waals surface area (Å²) in [5.41, 5.74) is 10.8. The second-order valence-electron chi connectivity index (χ2n) is 30.5. The van der Waals surface area contributed by atoms with Crippen LogP contribution in [0.25, 0.3) is 44.1 Å². The van der Waals surface area contributed by atoms with Crippen molar-refractivity contribution in [3.8, 4) is 23.0 Å². The van der Waals surface area contributed by atoms with Gasteiger partial charge in [-0.1, -0.05) is 103 Å². The van der Waals surface area contributed by atoms with Crippen LogP contribution in [-0.2, 0) is 47.4 Å². The molecule has 0 aliphatic carbocycles. The summed E-state index contributed by atoms with van der Waals surface area (Å²) in [5.74, 6) is 1.11. The fraction of sp³-hybridized carbons (Fsp3) is 0.415. The van der Waals surface area contributed by atoms with Crippen molar-refractivity contribution in [2.75, 3.05) is 37.9 Å². The second-order valence-corrected chi connectivity index (χ2v) is 31.2. The largest absolute Gasteiger partial charge is 0.508 e. The molecule has 4 aromatic carbocycles. The maximum atomic E-state index is 10.8. The summed E-state index contributed by atoms with van der Waals surface area (Å²) in [4.78, 5) is 33.4. The van der Waals surface area contributed by atoms with E-state index in [1.165, 1.54) is 32.2 Å². The first-order chi connectivity index (χ1) is 54.5. The SMILES string of the molecule is C.CC1(C)O[C@H]2[C@H](n3ccc4c(Cl)ncnc43)O[C@H](CO)[C@@]2(C)O1.CC1(C)O[C@H]2[C@H](n3ccc4c(Cl)ncnc43)O[C@H](COc3ccccc3)[C@@]2(C)O1.CC1(C)O[C@H]2[C@H](n3ccc4c(N)ncnc43)O[C@H](COc3ccccc3)[C@@]2(C)O1.C[C@@]1(O)[C@@H](COc2ccccc2)O[C@@H](n2ccc3c(N)ncnc32)[C@@H]1O.N.O.Oc1ccccc1. The number of phenolic OH excluding ortho intramolecular Hbond substituents is 1. The molecule has 0 spiro atoms. The smallest absolute Gasteiger partial charge is 0.165 e. The van der Waals surface area contributed by atoms with Gasteiger partial charge in [0.1, 0.15) is 184 Å². The van der Waals surface area contributed by atoms with Crippen molar-refractivity contribution in [3.63, 3.8) is 0 Å². The number of aromatic nitrogens is 12. The molecule has 16 atom stereocenters. The number of phenols is 1. The van der Waals surface area contributed by atoms with Crippen molar-refractivity contribution >= 4 is 79.0 Å². The van der Waals surface area contributed by atoms with E-state index in [1.807, 2.05) is 210 Å². The van der Waals surface area contributed by atoms with Crippen molar-refractivity contribution in [2.45, 2.75) is 190 Å². The number of hydrogen-bond acceptors (Lipinski definition) is 28. The first kappa shape index (κ1) is 86.5. The number of aliphatic hydroxyl groups is 3. The fourth-order valence-electron chi connectivity index (χ4n) is 15.7. The zero-order valence-corrected chi connectivity index (χ0v) is 66.8. The van der Waals surface area contributed by atoms with Crippen LogP contribution in [-0.4, -0.2) is 199 Å². The van der Waals surface area contributed by atoms with Crippen LogP contribution < -0.4 is 31.8 Å². The number of fused-ring (bicyclic) bond motifs is 7. The van der Waals surface area contributed by atoms with Crippen molar-refractivity contribution in [1.29, 1.82) is 0 Å². The normalized spacial score (nSPS) is 29.0. The molecule has 0 radical (unpaired) electrons. The van der Waals surface area contributed by atoms with Crippen LogP contribution in [0.5, 0.6) is 23.0 Å². The van der Waals surface area contributed by atoms with Gasteiger partial charge in [0.05, 0.1) is 28.2 Å². The van der Waals surface area contributed by atoms with Crippen LogP contribution in [0.4, 0.5) is 11.6 Å². The summed E-state index contributed by atoms with van der Waals surface area (Å²) < 4.78 is 87.2. The summed E-state index contributed by atoms with van der Waals surface area (Å²) in [7, 11) is 0. The van der Waals surface area contributed by atoms with Crippen LogP contribution >= 0.6 is 23.2 Å². The number of anilines is 2. The molecule has 624 valence electrons. The van der Waals surface area contributed by atoms with E-state index in [-0.39, 0.29) is 62.8 Å². The number of aromatic hydroxyl groups is 1. The molecule has 12 aromatic rings. The summed E-state index contributed by atoms with van der Waals surface area (Å²) in [6, 6.07) is 44.6. The Morgan fingerprint density at radius 3 is 1.04 bits per heavy atom. The van der Waals surface area contributed by atoms with E-state index in [0.29, 0.717) is 74.6 Å². The summed E-state index contributed by atoms with van der Waals surface area (Å²) in [6.45, 7) is 19.4. The topological polar surface area (TPSA) is 442 Å². The number of nitrogens with zero attached hydrogens (tertiary/aromatic N) is 12. The number of benzene rings is 4. The molecule has 35 heteroatoms. The third kappa shape index (κ3) is 17.0. The number of halogens is 2. The Hall–Kier alpha value is -9.86. The van der Waals surface area contributed by atoms with E-state index < -0.39 is 83.0 Å². The molecule has 15 heterocycles. The summed E-state index contributed by atoms with van der Waals surface area (Å²) in [6.07, 6.45) is 6.73. The van der Waals surface area contributed by atoms with Crippen molar-refractivity contribution in [3.05, 3.63) is 206 Å². The minimum absolute atomic E-state index is 0. The summed E-state index contributed by atoms with van der Waals surface area (Å²) in [5, 5.41) is 43.5. The molecule has 13 N–H and O–H groups in total. The molecular weight excluding hydrogens is 1550 g/mol. The molecule has 0 bridgehead atoms. The number of rotatable bonds is 14. The number of aliphatic hydroxyl groups excluding tert-OH is 2. The fourth-order valence-corrected chi connectivity index (χ4v) is 16.1. The third-order valence-corrected chi connectivity index (χ3v) is 21.8. The molecule has 0 amide bonds. The van der Waals surface area contributed by atoms with Gasteiger partial charge in [0, 0.05) is 24.8 Å². The Balaban J connectivity index is 0.000000139. The first-order valence-corrected chi connectivity index (χ1v) is 37.9. The average Bonchev–Trinajstić information content (AvgIpc) is 1.57. The lowest BCUT2D eigenvalue weighted by atomic mass is 9.95. The molecule has 0 saturated carbocycles. The Bertz CT molecular complexity index is 5160. The lowest BCUT2D eigenvalue weighted by Crippen LogP contribution is -2.47. The lowest BCUT2D eigenvalue weighted by Gasteiger charge is -2.29. The number of nitrogens with two attached hydrogens (primary N) is 2. The van der Waals surface area contributed by atoms with Gasteiger partial charge in [-0.05, 0) is 142 Å². The average molecular weight is 1650 g/mol. The zero-order chi connectivity index (χ0) is 80.3. The highest BCUT2D eigenvalue weighted by molar-refractivity contribution is 6.34. The molecular formula is C82H99Cl2N15O18. The molecule has 7 fully saturated rings. The zero-order valence-electron chi connectivity index (χ0n) is 65.3. The molecule has 33 nitrogen and oxygen atoms in total. The van der Waals surface area contributed by atoms with Gasteiger partial charge in [-0.25, -0.2) is 39.9 Å². The van der Waals surface area contributed by atoms with Gasteiger partial charge in [-0.15, -0.1) is 0 Å². The highest BCUT2D eigenvalue weighted by Crippen LogP contribution is 2.54. The van der Waals surface area contributed by atoms with Crippen LogP contribution in [0.3, 0.4) is 0 Å². The van der Waals surface area contributed by atoms with Gasteiger partial charge in [0.25, 0.3) is 0 Å². The van der Waals surface area contributed by atoms with Gasteiger partial charge in [-0.2, -0.15) is 0 Å². The number of hydrogen-bond donors (Lipinski definition) is 7. The van der Waals surface area contributed by atoms with Crippen molar-refractivity contribution in [2.24, 2.45) is 0 Å². The molecule has 8 aromatic heterocycles. The Kier molecular flexibility index (Phi) is 25.3. The highest BCUT2D eigenvalue weighted by atomic mass is 35.5. The molecule has 117 heavy (non-hydrogen) atoms. The van der Waals surface area contributed by atoms with E-state index in [1.54, 1.807) is 41.1 Å². The van der Waals surface area contributed by atoms with Crippen molar-refractivity contribution < 1.29 is 87.5 Å². The van der Waals surface area contributed by atoms with E-state index >= 15 is 0 Å². The minimum Gasteiger partial charge on any atom is -0.508 e.